The zero-order chi connectivity index (χ0) is 14.3. The molecule has 0 radical (unpaired) electrons. The quantitative estimate of drug-likeness (QED) is 0.668. The molecule has 1 heterocycles. The van der Waals surface area contributed by atoms with Crippen molar-refractivity contribution in [3.8, 4) is 0 Å². The van der Waals surface area contributed by atoms with Crippen LogP contribution in [0.15, 0.2) is 0 Å². The van der Waals surface area contributed by atoms with Crippen LogP contribution in [0.5, 0.6) is 0 Å². The van der Waals surface area contributed by atoms with E-state index in [2.05, 4.69) is 32.6 Å². The smallest absolute Gasteiger partial charge is 0.248 e. The third-order valence-electron chi connectivity index (χ3n) is 5.92. The molecule has 0 N–H and O–H groups in total. The predicted octanol–water partition coefficient (Wildman–Crippen LogP) is 4.71. The van der Waals surface area contributed by atoms with Gasteiger partial charge in [-0.25, -0.2) is 8.78 Å². The van der Waals surface area contributed by atoms with Crippen LogP contribution in [0.3, 0.4) is 0 Å². The molecular weight excluding hydrogens is 244 g/mol. The molecule has 0 aromatic carbocycles. The van der Waals surface area contributed by atoms with Crippen molar-refractivity contribution in [1.82, 2.24) is 4.90 Å². The van der Waals surface area contributed by atoms with Crippen molar-refractivity contribution in [2.45, 2.75) is 78.2 Å². The molecule has 2 aliphatic rings. The van der Waals surface area contributed by atoms with Gasteiger partial charge in [0.25, 0.3) is 0 Å². The fourth-order valence-corrected chi connectivity index (χ4v) is 3.52. The molecule has 1 aliphatic heterocycles. The Hall–Kier alpha value is -0.180. The molecule has 1 aliphatic carbocycles. The molecule has 3 heteroatoms. The second kappa shape index (κ2) is 4.98. The van der Waals surface area contributed by atoms with Crippen LogP contribution in [-0.2, 0) is 0 Å². The highest BCUT2D eigenvalue weighted by Crippen LogP contribution is 2.47. The maximum atomic E-state index is 13.2. The minimum Gasteiger partial charge on any atom is -0.300 e. The summed E-state index contributed by atoms with van der Waals surface area (Å²) in [6, 6.07) is 0.407. The number of nitrogens with zero attached hydrogens (tertiary/aromatic N) is 1. The number of hydrogen-bond donors (Lipinski definition) is 0. The van der Waals surface area contributed by atoms with Crippen molar-refractivity contribution in [1.29, 1.82) is 0 Å². The van der Waals surface area contributed by atoms with Crippen molar-refractivity contribution in [3.05, 3.63) is 0 Å². The Labute approximate surface area is 116 Å². The van der Waals surface area contributed by atoms with Gasteiger partial charge in [-0.1, -0.05) is 27.7 Å². The van der Waals surface area contributed by atoms with Crippen molar-refractivity contribution >= 4 is 0 Å². The molecule has 0 aromatic rings. The summed E-state index contributed by atoms with van der Waals surface area (Å²) < 4.78 is 26.4. The van der Waals surface area contributed by atoms with E-state index in [0.29, 0.717) is 29.7 Å². The Balaban J connectivity index is 1.88. The average molecular weight is 273 g/mol. The average Bonchev–Trinajstić information content (AvgIpc) is 2.29. The van der Waals surface area contributed by atoms with Gasteiger partial charge in [-0.3, -0.25) is 0 Å². The van der Waals surface area contributed by atoms with E-state index in [0.717, 1.165) is 13.1 Å². The van der Waals surface area contributed by atoms with Gasteiger partial charge < -0.3 is 4.90 Å². The van der Waals surface area contributed by atoms with Gasteiger partial charge in [-0.15, -0.1) is 0 Å². The van der Waals surface area contributed by atoms with Gasteiger partial charge in [0.15, 0.2) is 0 Å². The summed E-state index contributed by atoms with van der Waals surface area (Å²) in [6.45, 7) is 11.5. The Morgan fingerprint density at radius 2 is 1.42 bits per heavy atom. The Morgan fingerprint density at radius 3 is 1.84 bits per heavy atom. The van der Waals surface area contributed by atoms with Crippen molar-refractivity contribution < 1.29 is 8.78 Å². The molecule has 0 atom stereocenters. The minimum absolute atomic E-state index is 0.0880. The van der Waals surface area contributed by atoms with Gasteiger partial charge in [0.1, 0.15) is 0 Å². The summed E-state index contributed by atoms with van der Waals surface area (Å²) in [5.41, 5.74) is 0.723. The molecule has 0 aromatic heterocycles. The SMILES string of the molecule is CC(C)(C)C1(C)CCN(C2CCC(F)(F)CC2)CC1. The highest BCUT2D eigenvalue weighted by atomic mass is 19.3. The molecule has 0 spiro atoms. The summed E-state index contributed by atoms with van der Waals surface area (Å²) in [7, 11) is 0. The number of hydrogen-bond acceptors (Lipinski definition) is 1. The first kappa shape index (κ1) is 15.2. The maximum absolute atomic E-state index is 13.2. The van der Waals surface area contributed by atoms with Crippen LogP contribution in [0.25, 0.3) is 0 Å². The van der Waals surface area contributed by atoms with Crippen LogP contribution in [0, 0.1) is 10.8 Å². The van der Waals surface area contributed by atoms with Crippen LogP contribution in [0.4, 0.5) is 8.78 Å². The molecule has 19 heavy (non-hydrogen) atoms. The highest BCUT2D eigenvalue weighted by molar-refractivity contribution is 4.93. The van der Waals surface area contributed by atoms with E-state index in [9.17, 15) is 8.78 Å². The van der Waals surface area contributed by atoms with Crippen LogP contribution in [0.1, 0.15) is 66.2 Å². The fraction of sp³-hybridized carbons (Fsp3) is 1.00. The van der Waals surface area contributed by atoms with E-state index in [1.807, 2.05) is 0 Å². The zero-order valence-electron chi connectivity index (χ0n) is 12.9. The lowest BCUT2D eigenvalue weighted by molar-refractivity contribution is -0.0652. The van der Waals surface area contributed by atoms with E-state index in [4.69, 9.17) is 0 Å². The van der Waals surface area contributed by atoms with Crippen LogP contribution in [-0.4, -0.2) is 30.0 Å². The van der Waals surface area contributed by atoms with Crippen molar-refractivity contribution in [2.24, 2.45) is 10.8 Å². The molecule has 0 unspecified atom stereocenters. The predicted molar refractivity (Wildman–Crippen MR) is 75.6 cm³/mol. The fourth-order valence-electron chi connectivity index (χ4n) is 3.52. The van der Waals surface area contributed by atoms with Crippen molar-refractivity contribution in [2.75, 3.05) is 13.1 Å². The van der Waals surface area contributed by atoms with E-state index in [1.54, 1.807) is 0 Å². The van der Waals surface area contributed by atoms with E-state index >= 15 is 0 Å². The first-order chi connectivity index (χ1) is 8.63. The lowest BCUT2D eigenvalue weighted by Crippen LogP contribution is -2.49. The molecule has 1 saturated heterocycles. The summed E-state index contributed by atoms with van der Waals surface area (Å²) in [6.07, 6.45) is 3.93. The summed E-state index contributed by atoms with van der Waals surface area (Å²) in [4.78, 5) is 2.47. The van der Waals surface area contributed by atoms with Gasteiger partial charge in [-0.2, -0.15) is 0 Å². The molecule has 1 nitrogen and oxygen atoms in total. The first-order valence-corrected chi connectivity index (χ1v) is 7.75. The van der Waals surface area contributed by atoms with E-state index in [-0.39, 0.29) is 12.8 Å². The molecule has 2 rings (SSSR count). The number of halogens is 2. The molecule has 112 valence electrons. The summed E-state index contributed by atoms with van der Waals surface area (Å²) in [5.74, 6) is -2.40. The topological polar surface area (TPSA) is 3.24 Å². The monoisotopic (exact) mass is 273 g/mol. The normalized spacial score (nSPS) is 29.4. The van der Waals surface area contributed by atoms with E-state index in [1.165, 1.54) is 12.8 Å². The van der Waals surface area contributed by atoms with Crippen molar-refractivity contribution in [3.63, 3.8) is 0 Å². The van der Waals surface area contributed by atoms with Gasteiger partial charge in [0, 0.05) is 18.9 Å². The molecule has 2 fully saturated rings. The lowest BCUT2D eigenvalue weighted by atomic mass is 9.62. The van der Waals surface area contributed by atoms with Gasteiger partial charge >= 0.3 is 0 Å². The number of alkyl halides is 2. The Kier molecular flexibility index (Phi) is 3.99. The highest BCUT2D eigenvalue weighted by Gasteiger charge is 2.43. The third kappa shape index (κ3) is 3.29. The number of rotatable bonds is 1. The largest absolute Gasteiger partial charge is 0.300 e. The molecule has 0 amide bonds. The van der Waals surface area contributed by atoms with Gasteiger partial charge in [0.05, 0.1) is 0 Å². The summed E-state index contributed by atoms with van der Waals surface area (Å²) >= 11 is 0. The number of likely N-dealkylation sites (tertiary alicyclic amines) is 1. The number of piperidine rings is 1. The maximum Gasteiger partial charge on any atom is 0.248 e. The van der Waals surface area contributed by atoms with Gasteiger partial charge in [-0.05, 0) is 49.6 Å². The Bertz CT molecular complexity index is 301. The summed E-state index contributed by atoms with van der Waals surface area (Å²) in [5, 5.41) is 0. The minimum atomic E-state index is -2.40. The third-order valence-corrected chi connectivity index (χ3v) is 5.92. The molecule has 1 saturated carbocycles. The van der Waals surface area contributed by atoms with Gasteiger partial charge in [0.2, 0.25) is 5.92 Å². The second-order valence-electron chi connectivity index (χ2n) is 7.93. The lowest BCUT2D eigenvalue weighted by Gasteiger charge is -2.50. The van der Waals surface area contributed by atoms with Crippen LogP contribution in [0.2, 0.25) is 0 Å². The molecular formula is C16H29F2N. The second-order valence-corrected chi connectivity index (χ2v) is 7.93. The first-order valence-electron chi connectivity index (χ1n) is 7.75. The Morgan fingerprint density at radius 1 is 0.947 bits per heavy atom. The molecule has 0 bridgehead atoms. The standard InChI is InChI=1S/C16H29F2N/c1-14(2,3)15(4)9-11-19(12-10-15)13-5-7-16(17,18)8-6-13/h13H,5-12H2,1-4H3. The zero-order valence-corrected chi connectivity index (χ0v) is 12.9. The van der Waals surface area contributed by atoms with Crippen LogP contribution < -0.4 is 0 Å². The van der Waals surface area contributed by atoms with E-state index < -0.39 is 5.92 Å². The van der Waals surface area contributed by atoms with Crippen LogP contribution >= 0.6 is 0 Å².